The van der Waals surface area contributed by atoms with Crippen LogP contribution < -0.4 is 4.74 Å². The maximum absolute atomic E-state index is 13.1. The molecule has 18 heavy (non-hydrogen) atoms. The summed E-state index contributed by atoms with van der Waals surface area (Å²) in [6.45, 7) is 1.66. The average molecular weight is 312 g/mol. The van der Waals surface area contributed by atoms with Crippen LogP contribution >= 0.6 is 15.9 Å². The molecule has 0 aliphatic heterocycles. The third-order valence-corrected chi connectivity index (χ3v) is 2.96. The Morgan fingerprint density at radius 3 is 2.78 bits per heavy atom. The normalized spacial score (nSPS) is 12.2. The summed E-state index contributed by atoms with van der Waals surface area (Å²) in [6, 6.07) is 7.68. The number of nitrogens with zero attached hydrogens (tertiary/aromatic N) is 1. The average Bonchev–Trinajstić information content (AvgIpc) is 2.34. The number of benzene rings is 1. The van der Waals surface area contributed by atoms with Gasteiger partial charge >= 0.3 is 0 Å². The number of rotatable bonds is 3. The van der Waals surface area contributed by atoms with Crippen LogP contribution in [0.15, 0.2) is 41.0 Å². The second kappa shape index (κ2) is 5.46. The van der Waals surface area contributed by atoms with Crippen molar-refractivity contribution in [2.45, 2.75) is 13.0 Å². The molecular weight excluding hydrogens is 301 g/mol. The second-order valence-electron chi connectivity index (χ2n) is 3.78. The smallest absolute Gasteiger partial charge is 0.219 e. The number of aliphatic hydroxyl groups excluding tert-OH is 1. The van der Waals surface area contributed by atoms with E-state index in [0.29, 0.717) is 21.7 Å². The molecule has 0 fully saturated rings. The molecule has 5 heteroatoms. The van der Waals surface area contributed by atoms with Gasteiger partial charge in [-0.1, -0.05) is 0 Å². The Morgan fingerprint density at radius 1 is 1.33 bits per heavy atom. The van der Waals surface area contributed by atoms with Crippen LogP contribution in [-0.4, -0.2) is 10.1 Å². The van der Waals surface area contributed by atoms with E-state index in [-0.39, 0.29) is 5.82 Å². The maximum atomic E-state index is 13.1. The summed E-state index contributed by atoms with van der Waals surface area (Å²) in [4.78, 5) is 4.03. The van der Waals surface area contributed by atoms with Gasteiger partial charge in [0.1, 0.15) is 11.6 Å². The summed E-state index contributed by atoms with van der Waals surface area (Å²) in [5.41, 5.74) is 0.709. The van der Waals surface area contributed by atoms with Gasteiger partial charge in [-0.15, -0.1) is 0 Å². The highest BCUT2D eigenvalue weighted by molar-refractivity contribution is 9.10. The lowest BCUT2D eigenvalue weighted by Crippen LogP contribution is -1.94. The molecule has 2 rings (SSSR count). The first-order valence-electron chi connectivity index (χ1n) is 5.33. The number of hydrogen-bond acceptors (Lipinski definition) is 3. The van der Waals surface area contributed by atoms with E-state index in [4.69, 9.17) is 4.74 Å². The zero-order valence-electron chi connectivity index (χ0n) is 9.60. The van der Waals surface area contributed by atoms with Gasteiger partial charge in [-0.2, -0.15) is 0 Å². The summed E-state index contributed by atoms with van der Waals surface area (Å²) in [5, 5.41) is 9.45. The Balaban J connectivity index is 2.23. The van der Waals surface area contributed by atoms with E-state index < -0.39 is 6.10 Å². The maximum Gasteiger partial charge on any atom is 0.219 e. The van der Waals surface area contributed by atoms with Crippen molar-refractivity contribution in [2.24, 2.45) is 0 Å². The molecule has 94 valence electrons. The first-order valence-corrected chi connectivity index (χ1v) is 6.12. The van der Waals surface area contributed by atoms with E-state index in [1.165, 1.54) is 18.2 Å². The molecule has 0 saturated heterocycles. The van der Waals surface area contributed by atoms with Crippen molar-refractivity contribution in [2.75, 3.05) is 0 Å². The minimum absolute atomic E-state index is 0.326. The third kappa shape index (κ3) is 3.05. The molecule has 1 aromatic carbocycles. The zero-order chi connectivity index (χ0) is 13.1. The Kier molecular flexibility index (Phi) is 3.93. The molecule has 0 unspecified atom stereocenters. The van der Waals surface area contributed by atoms with Crippen molar-refractivity contribution in [3.63, 3.8) is 0 Å². The first kappa shape index (κ1) is 13.0. The van der Waals surface area contributed by atoms with Crippen LogP contribution in [0.3, 0.4) is 0 Å². The fourth-order valence-electron chi connectivity index (χ4n) is 1.40. The minimum atomic E-state index is -0.588. The quantitative estimate of drug-likeness (QED) is 0.936. The Bertz CT molecular complexity index is 560. The fourth-order valence-corrected chi connectivity index (χ4v) is 1.76. The van der Waals surface area contributed by atoms with Crippen molar-refractivity contribution < 1.29 is 14.2 Å². The van der Waals surface area contributed by atoms with Crippen molar-refractivity contribution >= 4 is 15.9 Å². The number of aromatic nitrogens is 1. The van der Waals surface area contributed by atoms with Gasteiger partial charge in [0, 0.05) is 12.3 Å². The van der Waals surface area contributed by atoms with E-state index >= 15 is 0 Å². The summed E-state index contributed by atoms with van der Waals surface area (Å²) in [7, 11) is 0. The van der Waals surface area contributed by atoms with Crippen molar-refractivity contribution in [1.29, 1.82) is 0 Å². The molecule has 0 aliphatic rings. The van der Waals surface area contributed by atoms with Gasteiger partial charge in [-0.25, -0.2) is 9.37 Å². The van der Waals surface area contributed by atoms with Crippen LogP contribution in [0, 0.1) is 5.82 Å². The van der Waals surface area contributed by atoms with Gasteiger partial charge < -0.3 is 9.84 Å². The van der Waals surface area contributed by atoms with Gasteiger partial charge in [0.15, 0.2) is 0 Å². The Morgan fingerprint density at radius 2 is 2.11 bits per heavy atom. The van der Waals surface area contributed by atoms with Crippen LogP contribution in [-0.2, 0) is 0 Å². The summed E-state index contributed by atoms with van der Waals surface area (Å²) in [5.74, 6) is 0.471. The molecule has 1 N–H and O–H groups in total. The van der Waals surface area contributed by atoms with E-state index in [9.17, 15) is 9.50 Å². The number of pyridine rings is 1. The van der Waals surface area contributed by atoms with Crippen molar-refractivity contribution in [3.05, 3.63) is 52.4 Å². The molecule has 2 aromatic rings. The standard InChI is InChI=1S/C13H11BrFNO2/c1-8(17)9-4-5-16-13(6-9)18-10-2-3-12(15)11(14)7-10/h2-8,17H,1H3/t8-/m0/s1. The van der Waals surface area contributed by atoms with Crippen LogP contribution in [0.1, 0.15) is 18.6 Å². The number of ether oxygens (including phenoxy) is 1. The first-order chi connectivity index (χ1) is 8.56. The molecule has 0 amide bonds. The Hall–Kier alpha value is -1.46. The highest BCUT2D eigenvalue weighted by atomic mass is 79.9. The van der Waals surface area contributed by atoms with Crippen LogP contribution in [0.4, 0.5) is 4.39 Å². The summed E-state index contributed by atoms with van der Waals surface area (Å²) >= 11 is 3.08. The van der Waals surface area contributed by atoms with Gasteiger partial charge in [0.25, 0.3) is 0 Å². The van der Waals surface area contributed by atoms with Crippen LogP contribution in [0.2, 0.25) is 0 Å². The second-order valence-corrected chi connectivity index (χ2v) is 4.64. The molecule has 0 radical (unpaired) electrons. The van der Waals surface area contributed by atoms with Gasteiger partial charge in [-0.3, -0.25) is 0 Å². The number of aliphatic hydroxyl groups is 1. The van der Waals surface area contributed by atoms with Crippen LogP contribution in [0.5, 0.6) is 11.6 Å². The molecule has 1 aromatic heterocycles. The van der Waals surface area contributed by atoms with Crippen molar-refractivity contribution in [1.82, 2.24) is 4.98 Å². The molecule has 0 spiro atoms. The van der Waals surface area contributed by atoms with E-state index in [1.54, 1.807) is 25.3 Å². The molecule has 3 nitrogen and oxygen atoms in total. The zero-order valence-corrected chi connectivity index (χ0v) is 11.2. The molecular formula is C13H11BrFNO2. The highest BCUT2D eigenvalue weighted by Gasteiger charge is 2.06. The number of halogens is 2. The number of hydrogen-bond donors (Lipinski definition) is 1. The monoisotopic (exact) mass is 311 g/mol. The Labute approximate surface area is 112 Å². The van der Waals surface area contributed by atoms with Crippen molar-refractivity contribution in [3.8, 4) is 11.6 Å². The van der Waals surface area contributed by atoms with E-state index in [2.05, 4.69) is 20.9 Å². The molecule has 1 heterocycles. The SMILES string of the molecule is C[C@H](O)c1ccnc(Oc2ccc(F)c(Br)c2)c1. The molecule has 0 bridgehead atoms. The summed E-state index contributed by atoms with van der Waals surface area (Å²) in [6.07, 6.45) is 0.964. The lowest BCUT2D eigenvalue weighted by atomic mass is 10.2. The topological polar surface area (TPSA) is 42.4 Å². The summed E-state index contributed by atoms with van der Waals surface area (Å²) < 4.78 is 18.9. The van der Waals surface area contributed by atoms with E-state index in [1.807, 2.05) is 0 Å². The third-order valence-electron chi connectivity index (χ3n) is 2.35. The molecule has 0 aliphatic carbocycles. The lowest BCUT2D eigenvalue weighted by Gasteiger charge is -2.08. The molecule has 1 atom stereocenters. The largest absolute Gasteiger partial charge is 0.439 e. The lowest BCUT2D eigenvalue weighted by molar-refractivity contribution is 0.198. The van der Waals surface area contributed by atoms with Gasteiger partial charge in [0.05, 0.1) is 10.6 Å². The highest BCUT2D eigenvalue weighted by Crippen LogP contribution is 2.26. The predicted molar refractivity (Wildman–Crippen MR) is 69.0 cm³/mol. The van der Waals surface area contributed by atoms with Gasteiger partial charge in [-0.05, 0) is 52.7 Å². The predicted octanol–water partition coefficient (Wildman–Crippen LogP) is 3.83. The van der Waals surface area contributed by atoms with Gasteiger partial charge in [0.2, 0.25) is 5.88 Å². The molecule has 0 saturated carbocycles. The van der Waals surface area contributed by atoms with E-state index in [0.717, 1.165) is 0 Å². The fraction of sp³-hybridized carbons (Fsp3) is 0.154. The van der Waals surface area contributed by atoms with Crippen LogP contribution in [0.25, 0.3) is 0 Å². The minimum Gasteiger partial charge on any atom is -0.439 e.